The van der Waals surface area contributed by atoms with Gasteiger partial charge in [0.2, 0.25) is 5.91 Å². The molecule has 1 fully saturated rings. The van der Waals surface area contributed by atoms with Gasteiger partial charge in [-0.25, -0.2) is 15.0 Å². The van der Waals surface area contributed by atoms with E-state index < -0.39 is 0 Å². The lowest BCUT2D eigenvalue weighted by atomic mass is 10.2. The highest BCUT2D eigenvalue weighted by molar-refractivity contribution is 7.13. The minimum absolute atomic E-state index is 0.00566. The first-order chi connectivity index (χ1) is 9.65. The van der Waals surface area contributed by atoms with Gasteiger partial charge < -0.3 is 4.90 Å². The molecule has 5 nitrogen and oxygen atoms in total. The van der Waals surface area contributed by atoms with E-state index in [1.807, 2.05) is 23.3 Å². The predicted molar refractivity (Wildman–Crippen MR) is 77.2 cm³/mol. The molecular weight excluding hydrogens is 272 g/mol. The highest BCUT2D eigenvalue weighted by atomic mass is 32.1. The molecule has 2 aromatic heterocycles. The number of carbonyl (C=O) groups is 1. The van der Waals surface area contributed by atoms with Crippen molar-refractivity contribution in [3.05, 3.63) is 29.2 Å². The Kier molecular flexibility index (Phi) is 3.48. The standard InChI is InChI=1S/C14H16N4OS/c1-9-8-11(14-15-5-7-20-14)17-13(16-9)12-4-3-6-18(12)10(2)19/h5,7-8,12H,3-4,6H2,1-2H3/t12-/m1/s1. The van der Waals surface area contributed by atoms with E-state index in [0.29, 0.717) is 0 Å². The fourth-order valence-electron chi connectivity index (χ4n) is 2.61. The van der Waals surface area contributed by atoms with Crippen molar-refractivity contribution >= 4 is 17.2 Å². The van der Waals surface area contributed by atoms with Gasteiger partial charge in [0.25, 0.3) is 0 Å². The Bertz CT molecular complexity index is 626. The molecule has 6 heteroatoms. The number of likely N-dealkylation sites (tertiary alicyclic amines) is 1. The maximum absolute atomic E-state index is 11.7. The molecule has 0 bridgehead atoms. The Morgan fingerprint density at radius 2 is 2.30 bits per heavy atom. The van der Waals surface area contributed by atoms with Crippen LogP contribution < -0.4 is 0 Å². The summed E-state index contributed by atoms with van der Waals surface area (Å²) < 4.78 is 0. The zero-order valence-corrected chi connectivity index (χ0v) is 12.4. The number of hydrogen-bond donors (Lipinski definition) is 0. The lowest BCUT2D eigenvalue weighted by molar-refractivity contribution is -0.129. The Balaban J connectivity index is 2.00. The Hall–Kier alpha value is -1.82. The summed E-state index contributed by atoms with van der Waals surface area (Å²) >= 11 is 1.56. The van der Waals surface area contributed by atoms with Gasteiger partial charge in [-0.1, -0.05) is 0 Å². The van der Waals surface area contributed by atoms with Crippen LogP contribution >= 0.6 is 11.3 Å². The van der Waals surface area contributed by atoms with Crippen molar-refractivity contribution < 1.29 is 4.79 Å². The molecule has 1 saturated heterocycles. The van der Waals surface area contributed by atoms with E-state index in [2.05, 4.69) is 15.0 Å². The highest BCUT2D eigenvalue weighted by Gasteiger charge is 2.30. The summed E-state index contributed by atoms with van der Waals surface area (Å²) in [4.78, 5) is 27.0. The summed E-state index contributed by atoms with van der Waals surface area (Å²) in [5.74, 6) is 0.830. The van der Waals surface area contributed by atoms with Crippen molar-refractivity contribution in [2.24, 2.45) is 0 Å². The topological polar surface area (TPSA) is 59.0 Å². The number of hydrogen-bond acceptors (Lipinski definition) is 5. The van der Waals surface area contributed by atoms with Gasteiger partial charge in [0.05, 0.1) is 6.04 Å². The van der Waals surface area contributed by atoms with Crippen molar-refractivity contribution in [3.8, 4) is 10.7 Å². The van der Waals surface area contributed by atoms with Gasteiger partial charge >= 0.3 is 0 Å². The Labute approximate surface area is 121 Å². The molecule has 0 saturated carbocycles. The van der Waals surface area contributed by atoms with Gasteiger partial charge in [-0.05, 0) is 25.8 Å². The van der Waals surface area contributed by atoms with Crippen molar-refractivity contribution in [3.63, 3.8) is 0 Å². The molecule has 3 heterocycles. The summed E-state index contributed by atoms with van der Waals surface area (Å²) in [7, 11) is 0. The van der Waals surface area contributed by atoms with E-state index in [1.54, 1.807) is 24.5 Å². The van der Waals surface area contributed by atoms with Crippen LogP contribution in [0, 0.1) is 6.92 Å². The number of nitrogens with zero attached hydrogens (tertiary/aromatic N) is 4. The molecule has 2 aromatic rings. The smallest absolute Gasteiger partial charge is 0.220 e. The van der Waals surface area contributed by atoms with Gasteiger partial charge in [-0.3, -0.25) is 4.79 Å². The zero-order valence-electron chi connectivity index (χ0n) is 11.5. The molecule has 3 rings (SSSR count). The Morgan fingerprint density at radius 3 is 3.00 bits per heavy atom. The molecule has 0 unspecified atom stereocenters. The third-order valence-electron chi connectivity index (χ3n) is 3.48. The van der Waals surface area contributed by atoms with Gasteiger partial charge in [0.1, 0.15) is 10.7 Å². The van der Waals surface area contributed by atoms with Crippen molar-refractivity contribution in [1.82, 2.24) is 19.9 Å². The third-order valence-corrected chi connectivity index (χ3v) is 4.27. The summed E-state index contributed by atoms with van der Waals surface area (Å²) in [6.07, 6.45) is 3.71. The first-order valence-electron chi connectivity index (χ1n) is 6.68. The minimum Gasteiger partial charge on any atom is -0.333 e. The number of thiazole rings is 1. The Morgan fingerprint density at radius 1 is 1.45 bits per heavy atom. The number of carbonyl (C=O) groups excluding carboxylic acids is 1. The second-order valence-corrected chi connectivity index (χ2v) is 5.86. The normalized spacial score (nSPS) is 18.5. The van der Waals surface area contributed by atoms with Crippen LogP contribution in [0.3, 0.4) is 0 Å². The molecule has 1 aliphatic rings. The van der Waals surface area contributed by atoms with Crippen LogP contribution in [0.5, 0.6) is 0 Å². The molecule has 0 spiro atoms. The molecule has 0 N–H and O–H groups in total. The van der Waals surface area contributed by atoms with Gasteiger partial charge in [-0.2, -0.15) is 0 Å². The summed E-state index contributed by atoms with van der Waals surface area (Å²) in [5, 5.41) is 2.83. The third kappa shape index (κ3) is 2.43. The molecule has 104 valence electrons. The van der Waals surface area contributed by atoms with E-state index in [1.165, 1.54) is 0 Å². The number of aryl methyl sites for hydroxylation is 1. The van der Waals surface area contributed by atoms with Crippen LogP contribution in [0.15, 0.2) is 17.6 Å². The van der Waals surface area contributed by atoms with Crippen molar-refractivity contribution in [2.45, 2.75) is 32.7 Å². The molecule has 1 amide bonds. The SMILES string of the molecule is CC(=O)N1CCC[C@@H]1c1nc(C)cc(-c2nccs2)n1. The molecule has 1 aliphatic heterocycles. The number of aromatic nitrogens is 3. The summed E-state index contributed by atoms with van der Waals surface area (Å²) in [6.45, 7) is 4.36. The fraction of sp³-hybridized carbons (Fsp3) is 0.429. The van der Waals surface area contributed by atoms with Gasteiger partial charge in [0.15, 0.2) is 5.82 Å². The fourth-order valence-corrected chi connectivity index (χ4v) is 3.21. The van der Waals surface area contributed by atoms with Crippen molar-refractivity contribution in [1.29, 1.82) is 0 Å². The van der Waals surface area contributed by atoms with Crippen LogP contribution in [-0.2, 0) is 4.79 Å². The molecular formula is C14H16N4OS. The predicted octanol–water partition coefficient (Wildman–Crippen LogP) is 2.59. The average Bonchev–Trinajstić information content (AvgIpc) is 3.09. The van der Waals surface area contributed by atoms with Gasteiger partial charge in [-0.15, -0.1) is 11.3 Å². The van der Waals surface area contributed by atoms with Crippen LogP contribution in [0.25, 0.3) is 10.7 Å². The van der Waals surface area contributed by atoms with E-state index in [4.69, 9.17) is 0 Å². The molecule has 0 aliphatic carbocycles. The first kappa shape index (κ1) is 13.2. The molecule has 0 aromatic carbocycles. The molecule has 0 radical (unpaired) electrons. The summed E-state index contributed by atoms with van der Waals surface area (Å²) in [6, 6.07) is 1.95. The van der Waals surface area contributed by atoms with E-state index in [-0.39, 0.29) is 11.9 Å². The van der Waals surface area contributed by atoms with E-state index in [9.17, 15) is 4.79 Å². The second-order valence-electron chi connectivity index (χ2n) is 4.96. The van der Waals surface area contributed by atoms with Gasteiger partial charge in [0, 0.05) is 30.7 Å². The number of amides is 1. The first-order valence-corrected chi connectivity index (χ1v) is 7.56. The van der Waals surface area contributed by atoms with Crippen LogP contribution in [-0.4, -0.2) is 32.3 Å². The lowest BCUT2D eigenvalue weighted by Crippen LogP contribution is -2.29. The maximum Gasteiger partial charge on any atom is 0.220 e. The zero-order chi connectivity index (χ0) is 14.1. The van der Waals surface area contributed by atoms with Crippen LogP contribution in [0.4, 0.5) is 0 Å². The van der Waals surface area contributed by atoms with E-state index in [0.717, 1.165) is 41.6 Å². The highest BCUT2D eigenvalue weighted by Crippen LogP contribution is 2.31. The number of rotatable bonds is 2. The maximum atomic E-state index is 11.7. The minimum atomic E-state index is 0.00566. The summed E-state index contributed by atoms with van der Waals surface area (Å²) in [5.41, 5.74) is 1.76. The monoisotopic (exact) mass is 288 g/mol. The van der Waals surface area contributed by atoms with Crippen molar-refractivity contribution in [2.75, 3.05) is 6.54 Å². The quantitative estimate of drug-likeness (QED) is 0.852. The average molecular weight is 288 g/mol. The van der Waals surface area contributed by atoms with Crippen LogP contribution in [0.2, 0.25) is 0 Å². The van der Waals surface area contributed by atoms with E-state index >= 15 is 0 Å². The molecule has 20 heavy (non-hydrogen) atoms. The lowest BCUT2D eigenvalue weighted by Gasteiger charge is -2.22. The largest absolute Gasteiger partial charge is 0.333 e. The second kappa shape index (κ2) is 5.28. The molecule has 1 atom stereocenters. The van der Waals surface area contributed by atoms with Crippen LogP contribution in [0.1, 0.15) is 37.3 Å².